The maximum absolute atomic E-state index is 14.6. The molecule has 2 amide bonds. The van der Waals surface area contributed by atoms with E-state index < -0.39 is 24.3 Å². The first kappa shape index (κ1) is 20.5. The van der Waals surface area contributed by atoms with E-state index in [0.29, 0.717) is 32.4 Å². The topological polar surface area (TPSA) is 58.4 Å². The smallest absolute Gasteiger partial charge is 0.266 e. The number of nitrogens with zero attached hydrogens (tertiary/aromatic N) is 4. The Bertz CT molecular complexity index is 776. The highest BCUT2D eigenvalue weighted by molar-refractivity contribution is 5.85. The second kappa shape index (κ2) is 7.64. The Morgan fingerprint density at radius 1 is 1.39 bits per heavy atom. The van der Waals surface area contributed by atoms with Crippen molar-refractivity contribution < 1.29 is 18.4 Å². The van der Waals surface area contributed by atoms with Crippen LogP contribution in [0.1, 0.15) is 43.5 Å². The Balaban J connectivity index is 1.81. The Labute approximate surface area is 164 Å². The van der Waals surface area contributed by atoms with Gasteiger partial charge in [-0.3, -0.25) is 14.3 Å². The molecule has 1 aromatic heterocycles. The van der Waals surface area contributed by atoms with Crippen molar-refractivity contribution in [2.24, 2.45) is 12.5 Å². The fraction of sp³-hybridized carbons (Fsp3) is 0.650. The third kappa shape index (κ3) is 4.10. The standard InChI is InChI=1S/C20H28F2N4O2/c1-4-5-7-17(27)26-13-19(12-20(21,22)14-26)8-6-9-25(18(19)28)11-16-10-15(2)23-24(16)3/h4,10H,1,5-9,11-14H2,2-3H3. The first-order valence-electron chi connectivity index (χ1n) is 9.71. The van der Waals surface area contributed by atoms with Crippen LogP contribution in [0.3, 0.4) is 0 Å². The molecule has 2 aliphatic heterocycles. The molecule has 3 heterocycles. The van der Waals surface area contributed by atoms with E-state index in [1.807, 2.05) is 13.0 Å². The maximum atomic E-state index is 14.6. The van der Waals surface area contributed by atoms with Crippen molar-refractivity contribution >= 4 is 11.8 Å². The molecule has 0 N–H and O–H groups in total. The largest absolute Gasteiger partial charge is 0.336 e. The summed E-state index contributed by atoms with van der Waals surface area (Å²) in [5.41, 5.74) is 0.501. The summed E-state index contributed by atoms with van der Waals surface area (Å²) in [6.07, 6.45) is 2.71. The number of hydrogen-bond acceptors (Lipinski definition) is 3. The number of aromatic nitrogens is 2. The van der Waals surface area contributed by atoms with Crippen molar-refractivity contribution in [3.63, 3.8) is 0 Å². The van der Waals surface area contributed by atoms with Gasteiger partial charge in [-0.1, -0.05) is 6.08 Å². The molecule has 0 aromatic carbocycles. The minimum absolute atomic E-state index is 0.0678. The summed E-state index contributed by atoms with van der Waals surface area (Å²) in [4.78, 5) is 28.5. The van der Waals surface area contributed by atoms with Gasteiger partial charge in [0.05, 0.1) is 29.9 Å². The van der Waals surface area contributed by atoms with Crippen LogP contribution in [0.2, 0.25) is 0 Å². The molecular formula is C20H28F2N4O2. The van der Waals surface area contributed by atoms with Gasteiger partial charge in [0, 0.05) is 33.0 Å². The number of rotatable bonds is 5. The molecule has 154 valence electrons. The average molecular weight is 394 g/mol. The number of carbonyl (C=O) groups excluding carboxylic acids is 2. The number of amides is 2. The van der Waals surface area contributed by atoms with Crippen LogP contribution in [0.5, 0.6) is 0 Å². The Hall–Kier alpha value is -2.25. The predicted molar refractivity (Wildman–Crippen MR) is 101 cm³/mol. The van der Waals surface area contributed by atoms with E-state index in [1.54, 1.807) is 22.7 Å². The van der Waals surface area contributed by atoms with Crippen LogP contribution in [0.4, 0.5) is 8.78 Å². The fourth-order valence-electron chi connectivity index (χ4n) is 4.49. The van der Waals surface area contributed by atoms with Crippen LogP contribution in [0.25, 0.3) is 0 Å². The summed E-state index contributed by atoms with van der Waals surface area (Å²) >= 11 is 0. The van der Waals surface area contributed by atoms with Gasteiger partial charge in [0.25, 0.3) is 5.92 Å². The molecule has 0 radical (unpaired) electrons. The van der Waals surface area contributed by atoms with Gasteiger partial charge in [-0.15, -0.1) is 6.58 Å². The van der Waals surface area contributed by atoms with Crippen LogP contribution in [-0.4, -0.2) is 57.0 Å². The van der Waals surface area contributed by atoms with Crippen LogP contribution in [-0.2, 0) is 23.2 Å². The molecule has 2 saturated heterocycles. The SMILES string of the molecule is C=CCCC(=O)N1CC(F)(F)CC2(CCCN(Cc3cc(C)nn3C)C2=O)C1. The molecule has 0 bridgehead atoms. The van der Waals surface area contributed by atoms with Gasteiger partial charge in [-0.2, -0.15) is 5.10 Å². The van der Waals surface area contributed by atoms with Crippen molar-refractivity contribution in [1.29, 1.82) is 0 Å². The molecule has 3 rings (SSSR count). The first-order valence-corrected chi connectivity index (χ1v) is 9.71. The zero-order valence-corrected chi connectivity index (χ0v) is 16.6. The lowest BCUT2D eigenvalue weighted by Gasteiger charge is -2.49. The van der Waals surface area contributed by atoms with Crippen LogP contribution < -0.4 is 0 Å². The highest BCUT2D eigenvalue weighted by Gasteiger charge is 2.55. The number of likely N-dealkylation sites (tertiary alicyclic amines) is 2. The zero-order valence-electron chi connectivity index (χ0n) is 16.6. The molecule has 2 fully saturated rings. The average Bonchev–Trinajstić information content (AvgIpc) is 2.92. The summed E-state index contributed by atoms with van der Waals surface area (Å²) < 4.78 is 30.8. The summed E-state index contributed by atoms with van der Waals surface area (Å²) in [5.74, 6) is -3.69. The maximum Gasteiger partial charge on any atom is 0.266 e. The van der Waals surface area contributed by atoms with E-state index in [2.05, 4.69) is 11.7 Å². The van der Waals surface area contributed by atoms with E-state index >= 15 is 0 Å². The quantitative estimate of drug-likeness (QED) is 0.722. The number of alkyl halides is 2. The molecule has 6 nitrogen and oxygen atoms in total. The van der Waals surface area contributed by atoms with Gasteiger partial charge < -0.3 is 9.80 Å². The van der Waals surface area contributed by atoms with E-state index in [0.717, 1.165) is 11.4 Å². The van der Waals surface area contributed by atoms with E-state index in [1.165, 1.54) is 4.90 Å². The second-order valence-electron chi connectivity index (χ2n) is 8.12. The number of hydrogen-bond donors (Lipinski definition) is 0. The molecule has 1 spiro atoms. The molecule has 28 heavy (non-hydrogen) atoms. The highest BCUT2D eigenvalue weighted by Crippen LogP contribution is 2.45. The Kier molecular flexibility index (Phi) is 5.59. The lowest BCUT2D eigenvalue weighted by molar-refractivity contribution is -0.175. The molecule has 1 atom stereocenters. The lowest BCUT2D eigenvalue weighted by atomic mass is 9.71. The zero-order chi connectivity index (χ0) is 20.5. The Morgan fingerprint density at radius 2 is 2.14 bits per heavy atom. The van der Waals surface area contributed by atoms with Crippen molar-refractivity contribution in [3.05, 3.63) is 30.1 Å². The van der Waals surface area contributed by atoms with Gasteiger partial charge in [-0.25, -0.2) is 8.78 Å². The van der Waals surface area contributed by atoms with Gasteiger partial charge in [-0.05, 0) is 32.3 Å². The first-order chi connectivity index (χ1) is 13.2. The summed E-state index contributed by atoms with van der Waals surface area (Å²) in [7, 11) is 1.81. The number of halogens is 2. The Morgan fingerprint density at radius 3 is 2.79 bits per heavy atom. The van der Waals surface area contributed by atoms with Crippen LogP contribution >= 0.6 is 0 Å². The minimum Gasteiger partial charge on any atom is -0.336 e. The highest BCUT2D eigenvalue weighted by atomic mass is 19.3. The van der Waals surface area contributed by atoms with E-state index in [9.17, 15) is 18.4 Å². The van der Waals surface area contributed by atoms with Crippen molar-refractivity contribution in [2.45, 2.75) is 51.5 Å². The molecule has 0 saturated carbocycles. The number of allylic oxidation sites excluding steroid dienone is 1. The molecule has 2 aliphatic rings. The van der Waals surface area contributed by atoms with E-state index in [-0.39, 0.29) is 24.8 Å². The molecule has 0 aliphatic carbocycles. The van der Waals surface area contributed by atoms with Crippen LogP contribution in [0, 0.1) is 12.3 Å². The minimum atomic E-state index is -3.07. The van der Waals surface area contributed by atoms with Crippen molar-refractivity contribution in [1.82, 2.24) is 19.6 Å². The van der Waals surface area contributed by atoms with Gasteiger partial charge in [0.1, 0.15) is 0 Å². The third-order valence-corrected chi connectivity index (χ3v) is 5.70. The molecule has 8 heteroatoms. The summed E-state index contributed by atoms with van der Waals surface area (Å²) in [6, 6.07) is 1.90. The number of piperidine rings is 2. The summed E-state index contributed by atoms with van der Waals surface area (Å²) in [5, 5.41) is 4.29. The molecule has 1 aromatic rings. The summed E-state index contributed by atoms with van der Waals surface area (Å²) in [6.45, 7) is 5.77. The van der Waals surface area contributed by atoms with Crippen molar-refractivity contribution in [3.8, 4) is 0 Å². The monoisotopic (exact) mass is 394 g/mol. The molecule has 1 unspecified atom stereocenters. The second-order valence-corrected chi connectivity index (χ2v) is 8.12. The van der Waals surface area contributed by atoms with Gasteiger partial charge in [0.2, 0.25) is 11.8 Å². The van der Waals surface area contributed by atoms with Gasteiger partial charge in [0.15, 0.2) is 0 Å². The predicted octanol–water partition coefficient (Wildman–Crippen LogP) is 2.67. The fourth-order valence-corrected chi connectivity index (χ4v) is 4.49. The van der Waals surface area contributed by atoms with E-state index in [4.69, 9.17) is 0 Å². The third-order valence-electron chi connectivity index (χ3n) is 5.70. The van der Waals surface area contributed by atoms with Crippen LogP contribution in [0.15, 0.2) is 18.7 Å². The van der Waals surface area contributed by atoms with Gasteiger partial charge >= 0.3 is 0 Å². The lowest BCUT2D eigenvalue weighted by Crippen LogP contribution is -2.61. The number of carbonyl (C=O) groups is 2. The number of aryl methyl sites for hydroxylation is 2. The molecular weight excluding hydrogens is 366 g/mol. The normalized spacial score (nSPS) is 24.6. The van der Waals surface area contributed by atoms with Crippen molar-refractivity contribution in [2.75, 3.05) is 19.6 Å².